The number of amides is 1. The van der Waals surface area contributed by atoms with Crippen LogP contribution in [0.15, 0.2) is 66.7 Å². The molecule has 1 amide bonds. The molecule has 0 bridgehead atoms. The zero-order valence-corrected chi connectivity index (χ0v) is 17.3. The molecule has 2 heterocycles. The van der Waals surface area contributed by atoms with Crippen LogP contribution in [-0.4, -0.2) is 17.5 Å². The molecule has 1 saturated heterocycles. The van der Waals surface area contributed by atoms with Gasteiger partial charge in [-0.3, -0.25) is 9.80 Å². The highest BCUT2D eigenvalue weighted by atomic mass is 35.5. The Bertz CT molecular complexity index is 1140. The van der Waals surface area contributed by atoms with Gasteiger partial charge in [0.25, 0.3) is 0 Å². The van der Waals surface area contributed by atoms with Crippen LogP contribution in [0.4, 0.5) is 14.5 Å². The number of carbonyl (C=O) groups is 1. The smallest absolute Gasteiger partial charge is 0.243 e. The minimum Gasteiger partial charge on any atom is -0.366 e. The molecule has 0 radical (unpaired) electrons. The first kappa shape index (κ1) is 20.0. The molecule has 2 unspecified atom stereocenters. The van der Waals surface area contributed by atoms with Crippen molar-refractivity contribution in [1.82, 2.24) is 10.4 Å². The van der Waals surface area contributed by atoms with Crippen molar-refractivity contribution in [1.29, 1.82) is 0 Å². The van der Waals surface area contributed by atoms with Gasteiger partial charge in [-0.25, -0.2) is 14.2 Å². The van der Waals surface area contributed by atoms with Crippen LogP contribution in [0.5, 0.6) is 0 Å². The summed E-state index contributed by atoms with van der Waals surface area (Å²) < 4.78 is 27.4. The SMILES string of the molecule is O=C1C2CN(Cc3ccc(F)cc3)c3ccc(F)cc3C2NN1Cc1cccc(Cl)c1. The average molecular weight is 440 g/mol. The fraction of sp³-hybridized carbons (Fsp3) is 0.208. The lowest BCUT2D eigenvalue weighted by molar-refractivity contribution is -0.132. The molecule has 1 fully saturated rings. The van der Waals surface area contributed by atoms with E-state index in [-0.39, 0.29) is 29.5 Å². The lowest BCUT2D eigenvalue weighted by atomic mass is 9.88. The molecule has 31 heavy (non-hydrogen) atoms. The Morgan fingerprint density at radius 1 is 0.935 bits per heavy atom. The monoisotopic (exact) mass is 439 g/mol. The molecule has 3 aromatic rings. The van der Waals surface area contributed by atoms with Crippen molar-refractivity contribution < 1.29 is 13.6 Å². The summed E-state index contributed by atoms with van der Waals surface area (Å²) in [6.07, 6.45) is 0. The number of carbonyl (C=O) groups excluding carboxylic acids is 1. The maximum absolute atomic E-state index is 14.1. The number of benzene rings is 3. The molecule has 2 aliphatic rings. The summed E-state index contributed by atoms with van der Waals surface area (Å²) in [7, 11) is 0. The van der Waals surface area contributed by atoms with Gasteiger partial charge < -0.3 is 4.90 Å². The largest absolute Gasteiger partial charge is 0.366 e. The Labute approximate surface area is 184 Å². The second-order valence-electron chi connectivity index (χ2n) is 7.98. The fourth-order valence-corrected chi connectivity index (χ4v) is 4.65. The summed E-state index contributed by atoms with van der Waals surface area (Å²) in [5.74, 6) is -1.03. The van der Waals surface area contributed by atoms with Crippen molar-refractivity contribution in [2.24, 2.45) is 5.92 Å². The fourth-order valence-electron chi connectivity index (χ4n) is 4.43. The van der Waals surface area contributed by atoms with E-state index in [1.165, 1.54) is 24.3 Å². The molecule has 0 spiro atoms. The van der Waals surface area contributed by atoms with E-state index in [2.05, 4.69) is 10.3 Å². The van der Waals surface area contributed by atoms with E-state index in [1.807, 2.05) is 18.2 Å². The van der Waals surface area contributed by atoms with Crippen LogP contribution >= 0.6 is 11.6 Å². The van der Waals surface area contributed by atoms with Gasteiger partial charge in [-0.2, -0.15) is 0 Å². The second kappa shape index (κ2) is 7.94. The van der Waals surface area contributed by atoms with Crippen molar-refractivity contribution in [3.63, 3.8) is 0 Å². The Kier molecular flexibility index (Phi) is 5.12. The molecule has 2 atom stereocenters. The average Bonchev–Trinajstić information content (AvgIpc) is 3.05. The van der Waals surface area contributed by atoms with Crippen molar-refractivity contribution in [2.75, 3.05) is 11.4 Å². The third-order valence-electron chi connectivity index (χ3n) is 5.88. The maximum atomic E-state index is 14.1. The van der Waals surface area contributed by atoms with Crippen molar-refractivity contribution in [3.8, 4) is 0 Å². The summed E-state index contributed by atoms with van der Waals surface area (Å²) in [6, 6.07) is 18.0. The van der Waals surface area contributed by atoms with Crippen LogP contribution in [0.3, 0.4) is 0 Å². The van der Waals surface area contributed by atoms with Gasteiger partial charge in [0.15, 0.2) is 0 Å². The van der Waals surface area contributed by atoms with Crippen molar-refractivity contribution in [2.45, 2.75) is 19.1 Å². The van der Waals surface area contributed by atoms with Crippen molar-refractivity contribution >= 4 is 23.2 Å². The van der Waals surface area contributed by atoms with E-state index in [1.54, 1.807) is 29.3 Å². The minimum atomic E-state index is -0.353. The van der Waals surface area contributed by atoms with Crippen LogP contribution in [0.2, 0.25) is 5.02 Å². The number of nitrogens with one attached hydrogen (secondary N) is 1. The molecular weight excluding hydrogens is 420 g/mol. The highest BCUT2D eigenvalue weighted by Gasteiger charge is 2.46. The number of halogens is 3. The van der Waals surface area contributed by atoms with Crippen LogP contribution < -0.4 is 10.3 Å². The van der Waals surface area contributed by atoms with Crippen molar-refractivity contribution in [3.05, 3.63) is 100 Å². The molecule has 0 aromatic heterocycles. The summed E-state index contributed by atoms with van der Waals surface area (Å²) in [6.45, 7) is 1.36. The first-order chi connectivity index (χ1) is 15.0. The number of hydrazine groups is 1. The van der Waals surface area contributed by atoms with Crippen LogP contribution in [0.25, 0.3) is 0 Å². The van der Waals surface area contributed by atoms with Gasteiger partial charge in [-0.1, -0.05) is 35.9 Å². The lowest BCUT2D eigenvalue weighted by Gasteiger charge is -2.36. The number of rotatable bonds is 4. The second-order valence-corrected chi connectivity index (χ2v) is 8.41. The highest BCUT2D eigenvalue weighted by Crippen LogP contribution is 2.42. The Morgan fingerprint density at radius 2 is 1.71 bits per heavy atom. The molecule has 1 N–H and O–H groups in total. The number of nitrogens with zero attached hydrogens (tertiary/aromatic N) is 2. The summed E-state index contributed by atoms with van der Waals surface area (Å²) in [5.41, 5.74) is 6.74. The summed E-state index contributed by atoms with van der Waals surface area (Å²) >= 11 is 6.08. The number of hydrogen-bond acceptors (Lipinski definition) is 3. The first-order valence-electron chi connectivity index (χ1n) is 10.1. The summed E-state index contributed by atoms with van der Waals surface area (Å²) in [4.78, 5) is 15.3. The highest BCUT2D eigenvalue weighted by molar-refractivity contribution is 6.30. The molecule has 0 saturated carbocycles. The zero-order valence-electron chi connectivity index (χ0n) is 16.6. The molecule has 2 aliphatic heterocycles. The maximum Gasteiger partial charge on any atom is 0.243 e. The summed E-state index contributed by atoms with van der Waals surface area (Å²) in [5, 5.41) is 2.20. The third kappa shape index (κ3) is 3.89. The molecule has 7 heteroatoms. The molecule has 158 valence electrons. The van der Waals surface area contributed by atoms with E-state index in [9.17, 15) is 13.6 Å². The Hall–Kier alpha value is -2.96. The predicted molar refractivity (Wildman–Crippen MR) is 115 cm³/mol. The van der Waals surface area contributed by atoms with Gasteiger partial charge in [-0.15, -0.1) is 0 Å². The van der Waals surface area contributed by atoms with Gasteiger partial charge in [0, 0.05) is 23.8 Å². The standard InChI is InChI=1S/C24H20ClF2N3O/c25-17-3-1-2-16(10-17)13-30-24(31)21-14-29(12-15-4-6-18(26)7-5-15)22-9-8-19(27)11-20(22)23(21)28-30/h1-11,21,23,28H,12-14H2. The molecular formula is C24H20ClF2N3O. The molecule has 0 aliphatic carbocycles. The van der Waals surface area contributed by atoms with E-state index >= 15 is 0 Å². The van der Waals surface area contributed by atoms with Gasteiger partial charge in [0.1, 0.15) is 11.6 Å². The van der Waals surface area contributed by atoms with E-state index in [4.69, 9.17) is 11.6 Å². The quantitative estimate of drug-likeness (QED) is 0.631. The Morgan fingerprint density at radius 3 is 2.48 bits per heavy atom. The lowest BCUT2D eigenvalue weighted by Crippen LogP contribution is -2.39. The normalized spacial score (nSPS) is 20.0. The van der Waals surface area contributed by atoms with E-state index in [0.29, 0.717) is 24.7 Å². The number of fused-ring (bicyclic) bond motifs is 3. The Balaban J connectivity index is 1.44. The number of anilines is 1. The third-order valence-corrected chi connectivity index (χ3v) is 6.11. The molecule has 5 rings (SSSR count). The molecule has 4 nitrogen and oxygen atoms in total. The van der Waals surface area contributed by atoms with Crippen LogP contribution in [0, 0.1) is 17.6 Å². The van der Waals surface area contributed by atoms with E-state index in [0.717, 1.165) is 22.4 Å². The first-order valence-corrected chi connectivity index (χ1v) is 10.5. The topological polar surface area (TPSA) is 35.6 Å². The van der Waals surface area contributed by atoms with Gasteiger partial charge in [0.05, 0.1) is 18.5 Å². The van der Waals surface area contributed by atoms with Crippen LogP contribution in [0.1, 0.15) is 22.7 Å². The van der Waals surface area contributed by atoms with E-state index < -0.39 is 0 Å². The zero-order chi connectivity index (χ0) is 21.5. The molecule has 3 aromatic carbocycles. The predicted octanol–water partition coefficient (Wildman–Crippen LogP) is 4.84. The number of hydrogen-bond donors (Lipinski definition) is 1. The van der Waals surface area contributed by atoms with Gasteiger partial charge >= 0.3 is 0 Å². The minimum absolute atomic E-state index is 0.0380. The van der Waals surface area contributed by atoms with Gasteiger partial charge in [-0.05, 0) is 59.2 Å². The van der Waals surface area contributed by atoms with Gasteiger partial charge in [0.2, 0.25) is 5.91 Å². The van der Waals surface area contributed by atoms with Crippen LogP contribution in [-0.2, 0) is 17.9 Å².